The molecule has 3 aliphatic rings. The predicted octanol–water partition coefficient (Wildman–Crippen LogP) is 4.93. The van der Waals surface area contributed by atoms with E-state index in [2.05, 4.69) is 15.0 Å². The number of hydrogen-bond donors (Lipinski definition) is 0. The first-order valence-electron chi connectivity index (χ1n) is 17.1. The molecule has 12 heteroatoms. The molecule has 0 amide bonds. The first-order valence-corrected chi connectivity index (χ1v) is 17.1. The molecular weight excluding hydrogens is 576 g/mol. The van der Waals surface area contributed by atoms with Crippen LogP contribution in [0.4, 0.5) is 0 Å². The topological polar surface area (TPSA) is 154 Å². The Morgan fingerprint density at radius 2 is 0.733 bits per heavy atom. The number of carbonyl (C=O) groups excluding carboxylic acids is 3. The minimum atomic E-state index is -0.629. The van der Waals surface area contributed by atoms with Crippen molar-refractivity contribution in [3.63, 3.8) is 0 Å². The van der Waals surface area contributed by atoms with Crippen LogP contribution in [0.2, 0.25) is 0 Å². The van der Waals surface area contributed by atoms with Gasteiger partial charge in [0.05, 0.1) is 18.1 Å². The van der Waals surface area contributed by atoms with Crippen molar-refractivity contribution in [3.05, 3.63) is 31.5 Å². The molecular formula is C33H54N6O6. The lowest BCUT2D eigenvalue weighted by Gasteiger charge is -2.29. The molecule has 1 heterocycles. The molecule has 1 aromatic rings. The maximum atomic E-state index is 13.6. The quantitative estimate of drug-likeness (QED) is 0.278. The third kappa shape index (κ3) is 11.8. The Bertz CT molecular complexity index is 1150. The summed E-state index contributed by atoms with van der Waals surface area (Å²) >= 11 is 0. The largest absolute Gasteiger partial charge is 0.336 e. The van der Waals surface area contributed by atoms with E-state index in [-0.39, 0.29) is 55.5 Å². The maximum Gasteiger partial charge on any atom is 0.336 e. The highest BCUT2D eigenvalue weighted by Gasteiger charge is 2.29. The van der Waals surface area contributed by atoms with E-state index in [1.807, 2.05) is 41.5 Å². The summed E-state index contributed by atoms with van der Waals surface area (Å²) in [5, 5.41) is 0. The third-order valence-corrected chi connectivity index (χ3v) is 8.68. The van der Waals surface area contributed by atoms with E-state index in [1.165, 1.54) is 13.7 Å². The maximum absolute atomic E-state index is 13.6. The van der Waals surface area contributed by atoms with Crippen LogP contribution in [-0.4, -0.2) is 50.1 Å². The summed E-state index contributed by atoms with van der Waals surface area (Å²) in [7, 11) is 0. The summed E-state index contributed by atoms with van der Waals surface area (Å²) in [6.07, 6.45) is 13.7. The molecule has 0 radical (unpaired) electrons. The molecule has 1 aromatic heterocycles. The summed E-state index contributed by atoms with van der Waals surface area (Å²) in [5.41, 5.74) is -1.89. The molecule has 12 nitrogen and oxygen atoms in total. The van der Waals surface area contributed by atoms with Gasteiger partial charge in [-0.05, 0) is 75.5 Å². The normalized spacial score (nSPS) is 25.5. The second-order valence-corrected chi connectivity index (χ2v) is 11.4. The Hall–Kier alpha value is -3.45. The molecule has 0 aliphatic heterocycles. The van der Waals surface area contributed by atoms with Gasteiger partial charge in [-0.2, -0.15) is 0 Å². The van der Waals surface area contributed by atoms with Crippen LogP contribution >= 0.6 is 0 Å². The Labute approximate surface area is 266 Å². The number of aromatic nitrogens is 3. The van der Waals surface area contributed by atoms with Crippen LogP contribution in [0, 0.1) is 17.8 Å². The van der Waals surface area contributed by atoms with E-state index in [4.69, 9.17) is 0 Å². The van der Waals surface area contributed by atoms with Crippen LogP contribution in [0.25, 0.3) is 0 Å². The number of nitrogens with zero attached hydrogens (tertiary/aromatic N) is 6. The van der Waals surface area contributed by atoms with Crippen molar-refractivity contribution < 1.29 is 14.4 Å². The third-order valence-electron chi connectivity index (χ3n) is 8.68. The van der Waals surface area contributed by atoms with Gasteiger partial charge in [-0.3, -0.25) is 0 Å². The van der Waals surface area contributed by atoms with E-state index >= 15 is 0 Å². The van der Waals surface area contributed by atoms with Crippen LogP contribution in [0.15, 0.2) is 29.4 Å². The Morgan fingerprint density at radius 3 is 0.956 bits per heavy atom. The highest BCUT2D eigenvalue weighted by Crippen LogP contribution is 2.29. The second kappa shape index (κ2) is 22.1. The number of hydrogen-bond acceptors (Lipinski definition) is 9. The van der Waals surface area contributed by atoms with Gasteiger partial charge in [-0.1, -0.05) is 60.8 Å². The first kappa shape index (κ1) is 39.6. The summed E-state index contributed by atoms with van der Waals surface area (Å²) in [6.45, 7) is 12.4. The fourth-order valence-corrected chi connectivity index (χ4v) is 6.79. The van der Waals surface area contributed by atoms with Crippen molar-refractivity contribution in [1.82, 2.24) is 13.7 Å². The highest BCUT2D eigenvalue weighted by molar-refractivity contribution is 5.34. The molecule has 0 N–H and O–H groups in total. The SMILES string of the molecule is CC.CC.CC.O=C=NC1CCCC(Cn2c(=O)n(CC3CCCC(N=C=O)C3)c(=O)n(CC3CCCC(N=C=O)C3)c2=O)C1. The van der Waals surface area contributed by atoms with E-state index in [0.717, 1.165) is 57.8 Å². The van der Waals surface area contributed by atoms with Gasteiger partial charge in [0.15, 0.2) is 0 Å². The molecule has 0 aromatic carbocycles. The van der Waals surface area contributed by atoms with Crippen LogP contribution in [0.1, 0.15) is 119 Å². The molecule has 3 fully saturated rings. The molecule has 3 aliphatic carbocycles. The Balaban J connectivity index is 0.00000159. The second-order valence-electron chi connectivity index (χ2n) is 11.4. The average Bonchev–Trinajstić information content (AvgIpc) is 3.07. The number of isocyanates is 3. The van der Waals surface area contributed by atoms with Gasteiger partial charge in [0.25, 0.3) is 0 Å². The molecule has 0 bridgehead atoms. The lowest BCUT2D eigenvalue weighted by atomic mass is 9.85. The molecule has 45 heavy (non-hydrogen) atoms. The zero-order valence-electron chi connectivity index (χ0n) is 28.2. The van der Waals surface area contributed by atoms with Gasteiger partial charge < -0.3 is 0 Å². The van der Waals surface area contributed by atoms with Crippen molar-refractivity contribution in [1.29, 1.82) is 0 Å². The molecule has 6 unspecified atom stereocenters. The van der Waals surface area contributed by atoms with Gasteiger partial charge >= 0.3 is 17.1 Å². The van der Waals surface area contributed by atoms with Crippen molar-refractivity contribution in [2.45, 2.75) is 156 Å². The van der Waals surface area contributed by atoms with Gasteiger partial charge in [0.2, 0.25) is 18.2 Å². The van der Waals surface area contributed by atoms with E-state index in [1.54, 1.807) is 18.2 Å². The van der Waals surface area contributed by atoms with Gasteiger partial charge in [-0.25, -0.2) is 57.4 Å². The summed E-state index contributed by atoms with van der Waals surface area (Å²) in [5.74, 6) is -0.104. The van der Waals surface area contributed by atoms with E-state index in [0.29, 0.717) is 19.3 Å². The zero-order chi connectivity index (χ0) is 33.8. The fraction of sp³-hybridized carbons (Fsp3) is 0.818. The summed E-state index contributed by atoms with van der Waals surface area (Å²) < 4.78 is 3.52. The van der Waals surface area contributed by atoms with Gasteiger partial charge in [0.1, 0.15) is 0 Å². The number of rotatable bonds is 9. The van der Waals surface area contributed by atoms with Crippen LogP contribution < -0.4 is 17.1 Å². The van der Waals surface area contributed by atoms with Crippen molar-refractivity contribution in [2.75, 3.05) is 0 Å². The van der Waals surface area contributed by atoms with Crippen molar-refractivity contribution >= 4 is 18.2 Å². The lowest BCUT2D eigenvalue weighted by molar-refractivity contribution is 0.243. The molecule has 3 saturated carbocycles. The van der Waals surface area contributed by atoms with Gasteiger partial charge in [-0.15, -0.1) is 0 Å². The molecule has 252 valence electrons. The highest BCUT2D eigenvalue weighted by atomic mass is 16.2. The number of aliphatic imine (C=N–C) groups is 3. The van der Waals surface area contributed by atoms with Crippen LogP contribution in [0.3, 0.4) is 0 Å². The Morgan fingerprint density at radius 1 is 0.489 bits per heavy atom. The standard InChI is InChI=1S/C27H36N6O6.3C2H6/c34-16-28-22-7-1-4-19(10-22)13-31-25(37)32(14-20-5-2-8-23(11-20)29-17-35)27(39)33(26(31)38)15-21-6-3-9-24(12-21)30-18-36;3*1-2/h19-24H,1-15H2;3*1-2H3. The molecule has 4 rings (SSSR count). The van der Waals surface area contributed by atoms with Crippen LogP contribution in [-0.2, 0) is 34.0 Å². The Kier molecular flexibility index (Phi) is 19.5. The minimum Gasteiger partial charge on any atom is -0.247 e. The summed E-state index contributed by atoms with van der Waals surface area (Å²) in [4.78, 5) is 84.9. The fourth-order valence-electron chi connectivity index (χ4n) is 6.79. The van der Waals surface area contributed by atoms with Crippen molar-refractivity contribution in [3.8, 4) is 0 Å². The first-order chi connectivity index (χ1) is 21.9. The molecule has 0 spiro atoms. The van der Waals surface area contributed by atoms with Crippen LogP contribution in [0.5, 0.6) is 0 Å². The van der Waals surface area contributed by atoms with E-state index < -0.39 is 17.1 Å². The molecule has 0 saturated heterocycles. The smallest absolute Gasteiger partial charge is 0.247 e. The average molecular weight is 631 g/mol. The lowest BCUT2D eigenvalue weighted by Crippen LogP contribution is -2.56. The summed E-state index contributed by atoms with van der Waals surface area (Å²) in [6, 6.07) is -0.541. The monoisotopic (exact) mass is 630 g/mol. The minimum absolute atomic E-state index is 0.0346. The van der Waals surface area contributed by atoms with Gasteiger partial charge in [0, 0.05) is 19.6 Å². The van der Waals surface area contributed by atoms with Crippen molar-refractivity contribution in [2.24, 2.45) is 32.7 Å². The predicted molar refractivity (Wildman–Crippen MR) is 175 cm³/mol. The molecule has 6 atom stereocenters. The van der Waals surface area contributed by atoms with E-state index in [9.17, 15) is 28.8 Å². The zero-order valence-corrected chi connectivity index (χ0v) is 28.2.